The van der Waals surface area contributed by atoms with Crippen LogP contribution in [0.4, 0.5) is 0 Å². The topological polar surface area (TPSA) is 26.3 Å². The van der Waals surface area contributed by atoms with Gasteiger partial charge in [0.25, 0.3) is 0 Å². The van der Waals surface area contributed by atoms with E-state index < -0.39 is 5.97 Å². The molecule has 1 aromatic carbocycles. The van der Waals surface area contributed by atoms with E-state index in [2.05, 4.69) is 6.58 Å². The summed E-state index contributed by atoms with van der Waals surface area (Å²) in [4.78, 5) is 11.4. The smallest absolute Gasteiger partial charge is 0.310 e. The number of rotatable bonds is 4. The predicted molar refractivity (Wildman–Crippen MR) is 71.3 cm³/mol. The lowest BCUT2D eigenvalue weighted by atomic mass is 10.1. The number of carbonyl (C=O) groups excluding carboxylic acids is 1. The quantitative estimate of drug-likeness (QED) is 0.352. The fourth-order valence-corrected chi connectivity index (χ4v) is 2.02. The molecule has 0 amide bonds. The van der Waals surface area contributed by atoms with E-state index in [9.17, 15) is 4.79 Å². The monoisotopic (exact) mass is 312 g/mol. The molecule has 1 rings (SSSR count). The van der Waals surface area contributed by atoms with Gasteiger partial charge in [-0.05, 0) is 11.6 Å². The van der Waals surface area contributed by atoms with Gasteiger partial charge in [0.05, 0.1) is 26.5 Å². The largest absolute Gasteiger partial charge is 0.461 e. The van der Waals surface area contributed by atoms with Crippen molar-refractivity contribution in [3.63, 3.8) is 0 Å². The molecule has 92 valence electrons. The van der Waals surface area contributed by atoms with Crippen LogP contribution in [0.5, 0.6) is 0 Å². The lowest BCUT2D eigenvalue weighted by Gasteiger charge is -2.08. The average molecular weight is 314 g/mol. The van der Waals surface area contributed by atoms with Gasteiger partial charge >= 0.3 is 5.97 Å². The second-order valence-corrected chi connectivity index (χ2v) is 4.65. The molecule has 0 N–H and O–H groups in total. The minimum absolute atomic E-state index is 0.0245. The van der Waals surface area contributed by atoms with Crippen molar-refractivity contribution in [3.05, 3.63) is 44.4 Å². The van der Waals surface area contributed by atoms with Crippen LogP contribution in [0.2, 0.25) is 20.1 Å². The van der Waals surface area contributed by atoms with Crippen LogP contribution in [0.3, 0.4) is 0 Å². The van der Waals surface area contributed by atoms with Gasteiger partial charge in [-0.15, -0.1) is 0 Å². The van der Waals surface area contributed by atoms with Crippen molar-refractivity contribution >= 4 is 52.4 Å². The summed E-state index contributed by atoms with van der Waals surface area (Å²) < 4.78 is 4.83. The molecule has 0 aliphatic heterocycles. The highest BCUT2D eigenvalue weighted by atomic mass is 35.5. The molecule has 6 heteroatoms. The highest BCUT2D eigenvalue weighted by molar-refractivity contribution is 6.52. The van der Waals surface area contributed by atoms with Gasteiger partial charge in [-0.25, -0.2) is 0 Å². The average Bonchev–Trinajstić information content (AvgIpc) is 2.30. The Balaban J connectivity index is 2.92. The summed E-state index contributed by atoms with van der Waals surface area (Å²) in [5, 5.41) is 0.748. The fourth-order valence-electron chi connectivity index (χ4n) is 1.11. The summed E-state index contributed by atoms with van der Waals surface area (Å²) in [5.41, 5.74) is 0.472. The highest BCUT2D eigenvalue weighted by Gasteiger charge is 2.15. The second kappa shape index (κ2) is 6.50. The zero-order valence-corrected chi connectivity index (χ0v) is 11.6. The van der Waals surface area contributed by atoms with E-state index in [4.69, 9.17) is 51.1 Å². The number of ether oxygens (including phenoxy) is 1. The van der Waals surface area contributed by atoms with Gasteiger partial charge < -0.3 is 4.74 Å². The van der Waals surface area contributed by atoms with Crippen molar-refractivity contribution in [1.29, 1.82) is 0 Å². The van der Waals surface area contributed by atoms with Crippen LogP contribution in [-0.2, 0) is 16.0 Å². The molecule has 0 bridgehead atoms. The van der Waals surface area contributed by atoms with Crippen LogP contribution in [0, 0.1) is 0 Å². The summed E-state index contributed by atoms with van der Waals surface area (Å²) in [6, 6.07) is 1.49. The van der Waals surface area contributed by atoms with Gasteiger partial charge in [0.1, 0.15) is 6.61 Å². The molecular formula is C11H8Cl4O2. The van der Waals surface area contributed by atoms with E-state index in [1.54, 1.807) is 0 Å². The number of carbonyl (C=O) groups is 1. The standard InChI is InChI=1S/C11H8Cl4O2/c1-2-3-17-8(16)5-6-4-7(12)10(14)11(15)9(6)13/h2,4H,1,3,5H2. The minimum Gasteiger partial charge on any atom is -0.461 e. The number of halogens is 4. The Kier molecular flexibility index (Phi) is 5.60. The molecule has 0 heterocycles. The zero-order chi connectivity index (χ0) is 13.0. The first-order valence-corrected chi connectivity index (χ1v) is 6.07. The normalized spacial score (nSPS) is 10.1. The lowest BCUT2D eigenvalue weighted by Crippen LogP contribution is -2.08. The Morgan fingerprint density at radius 2 is 1.88 bits per heavy atom. The third-order valence-corrected chi connectivity index (χ3v) is 3.67. The van der Waals surface area contributed by atoms with Crippen molar-refractivity contribution in [2.45, 2.75) is 6.42 Å². The molecule has 0 radical (unpaired) electrons. The van der Waals surface area contributed by atoms with Crippen molar-refractivity contribution in [2.75, 3.05) is 6.61 Å². The van der Waals surface area contributed by atoms with Gasteiger partial charge in [0.15, 0.2) is 0 Å². The minimum atomic E-state index is -0.443. The molecule has 0 saturated heterocycles. The van der Waals surface area contributed by atoms with Crippen molar-refractivity contribution < 1.29 is 9.53 Å². The maximum Gasteiger partial charge on any atom is 0.310 e. The molecule has 2 nitrogen and oxygen atoms in total. The summed E-state index contributed by atoms with van der Waals surface area (Å²) >= 11 is 23.4. The second-order valence-electron chi connectivity index (χ2n) is 3.11. The van der Waals surface area contributed by atoms with Crippen molar-refractivity contribution in [3.8, 4) is 0 Å². The molecule has 0 saturated carbocycles. The highest BCUT2D eigenvalue weighted by Crippen LogP contribution is 2.38. The van der Waals surface area contributed by atoms with Crippen LogP contribution < -0.4 is 0 Å². The maximum atomic E-state index is 11.4. The molecular weight excluding hydrogens is 306 g/mol. The molecule has 0 fully saturated rings. The molecule has 17 heavy (non-hydrogen) atoms. The van der Waals surface area contributed by atoms with E-state index in [0.717, 1.165) is 0 Å². The molecule has 0 atom stereocenters. The van der Waals surface area contributed by atoms with Crippen LogP contribution >= 0.6 is 46.4 Å². The Morgan fingerprint density at radius 1 is 1.24 bits per heavy atom. The van der Waals surface area contributed by atoms with E-state index in [1.807, 2.05) is 0 Å². The summed E-state index contributed by atoms with van der Waals surface area (Å²) in [6.45, 7) is 3.58. The van der Waals surface area contributed by atoms with E-state index in [0.29, 0.717) is 5.56 Å². The third-order valence-electron chi connectivity index (χ3n) is 1.87. The van der Waals surface area contributed by atoms with Crippen LogP contribution in [-0.4, -0.2) is 12.6 Å². The zero-order valence-electron chi connectivity index (χ0n) is 8.60. The van der Waals surface area contributed by atoms with Gasteiger partial charge in [0, 0.05) is 0 Å². The van der Waals surface area contributed by atoms with Crippen LogP contribution in [0.15, 0.2) is 18.7 Å². The Morgan fingerprint density at radius 3 is 2.47 bits per heavy atom. The predicted octanol–water partition coefficient (Wildman–Crippen LogP) is 4.57. The molecule has 0 spiro atoms. The van der Waals surface area contributed by atoms with Crippen LogP contribution in [0.1, 0.15) is 5.56 Å². The summed E-state index contributed by atoms with van der Waals surface area (Å²) in [5.74, 6) is -0.443. The Hall–Kier alpha value is -0.410. The fraction of sp³-hybridized carbons (Fsp3) is 0.182. The first-order valence-electron chi connectivity index (χ1n) is 4.55. The Bertz CT molecular complexity index is 457. The van der Waals surface area contributed by atoms with E-state index >= 15 is 0 Å². The van der Waals surface area contributed by atoms with E-state index in [1.165, 1.54) is 12.1 Å². The Labute approximate surface area is 119 Å². The first-order chi connectivity index (χ1) is 7.97. The number of benzene rings is 1. The van der Waals surface area contributed by atoms with Gasteiger partial charge in [-0.1, -0.05) is 59.1 Å². The maximum absolute atomic E-state index is 11.4. The van der Waals surface area contributed by atoms with Crippen LogP contribution in [0.25, 0.3) is 0 Å². The SMILES string of the molecule is C=CCOC(=O)Cc1cc(Cl)c(Cl)c(Cl)c1Cl. The lowest BCUT2D eigenvalue weighted by molar-refractivity contribution is -0.141. The first kappa shape index (κ1) is 14.7. The summed E-state index contributed by atoms with van der Waals surface area (Å²) in [6.07, 6.45) is 1.45. The number of hydrogen-bond acceptors (Lipinski definition) is 2. The van der Waals surface area contributed by atoms with Gasteiger partial charge in [-0.2, -0.15) is 0 Å². The van der Waals surface area contributed by atoms with Crippen molar-refractivity contribution in [2.24, 2.45) is 0 Å². The molecule has 0 aromatic heterocycles. The summed E-state index contributed by atoms with van der Waals surface area (Å²) in [7, 11) is 0. The molecule has 0 aliphatic rings. The van der Waals surface area contributed by atoms with Gasteiger partial charge in [-0.3, -0.25) is 4.79 Å². The molecule has 0 aliphatic carbocycles. The molecule has 1 aromatic rings. The third kappa shape index (κ3) is 3.78. The number of esters is 1. The number of hydrogen-bond donors (Lipinski definition) is 0. The van der Waals surface area contributed by atoms with E-state index in [-0.39, 0.29) is 33.1 Å². The van der Waals surface area contributed by atoms with Gasteiger partial charge in [0.2, 0.25) is 0 Å². The van der Waals surface area contributed by atoms with Crippen molar-refractivity contribution in [1.82, 2.24) is 0 Å². The molecule has 0 unspecified atom stereocenters.